The molecule has 9 heteroatoms. The van der Waals surface area contributed by atoms with Gasteiger partial charge in [-0.05, 0) is 72.2 Å². The van der Waals surface area contributed by atoms with Gasteiger partial charge in [0.15, 0.2) is 23.4 Å². The van der Waals surface area contributed by atoms with Crippen LogP contribution < -0.4 is 9.47 Å². The molecule has 0 spiro atoms. The van der Waals surface area contributed by atoms with Crippen molar-refractivity contribution in [3.63, 3.8) is 0 Å². The Morgan fingerprint density at radius 1 is 1.05 bits per heavy atom. The number of nitrogens with zero attached hydrogens (tertiary/aromatic N) is 2. The van der Waals surface area contributed by atoms with Crippen LogP contribution in [-0.4, -0.2) is 76.4 Å². The van der Waals surface area contributed by atoms with Crippen molar-refractivity contribution in [2.24, 2.45) is 0 Å². The number of likely N-dealkylation sites (tertiary alicyclic amines) is 1. The van der Waals surface area contributed by atoms with Gasteiger partial charge in [-0.3, -0.25) is 9.78 Å². The highest BCUT2D eigenvalue weighted by Crippen LogP contribution is 2.40. The average molecular weight is 549 g/mol. The highest BCUT2D eigenvalue weighted by Gasteiger charge is 2.50. The molecule has 40 heavy (non-hydrogen) atoms. The zero-order valence-corrected chi connectivity index (χ0v) is 22.8. The summed E-state index contributed by atoms with van der Waals surface area (Å²) in [6, 6.07) is 18.5. The Kier molecular flexibility index (Phi) is 8.37. The number of amides is 1. The number of carbonyl (C=O) groups excluding carboxylic acids is 1. The van der Waals surface area contributed by atoms with Gasteiger partial charge in [-0.1, -0.05) is 30.3 Å². The van der Waals surface area contributed by atoms with Crippen LogP contribution in [0.2, 0.25) is 0 Å². The predicted molar refractivity (Wildman–Crippen MR) is 147 cm³/mol. The summed E-state index contributed by atoms with van der Waals surface area (Å²) < 4.78 is 16.2. The third-order valence-corrected chi connectivity index (χ3v) is 7.64. The number of aryl methyl sites for hydroxylation is 1. The molecule has 1 unspecified atom stereocenters. The summed E-state index contributed by atoms with van der Waals surface area (Å²) >= 11 is 0. The molecule has 2 saturated heterocycles. The molecule has 1 saturated carbocycles. The zero-order valence-electron chi connectivity index (χ0n) is 22.8. The molecule has 2 aromatic carbocycles. The van der Waals surface area contributed by atoms with Crippen molar-refractivity contribution in [3.8, 4) is 11.5 Å². The molecule has 3 fully saturated rings. The molecular formula is C31H36N2O7. The summed E-state index contributed by atoms with van der Waals surface area (Å²) in [4.78, 5) is 18.7. The second-order valence-corrected chi connectivity index (χ2v) is 10.7. The lowest BCUT2D eigenvalue weighted by molar-refractivity contribution is -0.109. The van der Waals surface area contributed by atoms with Crippen molar-refractivity contribution < 1.29 is 34.3 Å². The first-order valence-electron chi connectivity index (χ1n) is 13.5. The fraction of sp³-hybridized carbons (Fsp3) is 0.419. The third-order valence-electron chi connectivity index (χ3n) is 7.64. The van der Waals surface area contributed by atoms with Crippen LogP contribution in [0.3, 0.4) is 0 Å². The van der Waals surface area contributed by atoms with Crippen molar-refractivity contribution in [2.45, 2.75) is 50.1 Å². The molecule has 212 valence electrons. The Balaban J connectivity index is 0.000000348. The van der Waals surface area contributed by atoms with E-state index in [1.807, 2.05) is 36.1 Å². The van der Waals surface area contributed by atoms with Gasteiger partial charge in [-0.15, -0.1) is 0 Å². The van der Waals surface area contributed by atoms with E-state index in [2.05, 4.69) is 40.1 Å². The summed E-state index contributed by atoms with van der Waals surface area (Å²) in [5, 5.41) is 25.2. The number of aromatic nitrogens is 1. The Morgan fingerprint density at radius 2 is 1.75 bits per heavy atom. The lowest BCUT2D eigenvalue weighted by Gasteiger charge is -2.39. The van der Waals surface area contributed by atoms with Gasteiger partial charge in [0.05, 0.1) is 20.3 Å². The van der Waals surface area contributed by atoms with E-state index in [0.717, 1.165) is 34.1 Å². The zero-order chi connectivity index (χ0) is 28.3. The summed E-state index contributed by atoms with van der Waals surface area (Å²) in [5.74, 6) is 2.51. The molecule has 1 amide bonds. The van der Waals surface area contributed by atoms with Gasteiger partial charge in [0.25, 0.3) is 5.91 Å². The van der Waals surface area contributed by atoms with E-state index in [9.17, 15) is 4.79 Å². The van der Waals surface area contributed by atoms with Crippen LogP contribution in [0.5, 0.6) is 11.5 Å². The summed E-state index contributed by atoms with van der Waals surface area (Å²) in [6.07, 6.45) is 2.77. The first-order valence-corrected chi connectivity index (χ1v) is 13.5. The molecule has 0 radical (unpaired) electrons. The highest BCUT2D eigenvalue weighted by molar-refractivity contribution is 5.93. The molecule has 3 heterocycles. The molecular weight excluding hydrogens is 512 g/mol. The lowest BCUT2D eigenvalue weighted by Crippen LogP contribution is -2.48. The number of rotatable bonds is 9. The van der Waals surface area contributed by atoms with E-state index in [1.54, 1.807) is 13.3 Å². The van der Waals surface area contributed by atoms with Crippen molar-refractivity contribution in [3.05, 3.63) is 88.7 Å². The second kappa shape index (κ2) is 11.9. The quantitative estimate of drug-likeness (QED) is 0.275. The molecule has 3 aliphatic rings. The maximum Gasteiger partial charge on any atom is 0.272 e. The molecule has 3 aromatic rings. The van der Waals surface area contributed by atoms with E-state index < -0.39 is 11.9 Å². The van der Waals surface area contributed by atoms with Crippen LogP contribution >= 0.6 is 0 Å². The SMILES string of the molecule is COc1cc(C2CN(C(=O)c3cc(C)ccn3)C2)ccc1OCc1ccc(C2CC2)cc1.OCC1(C(O)O)CO1. The van der Waals surface area contributed by atoms with E-state index in [4.69, 9.17) is 24.8 Å². The van der Waals surface area contributed by atoms with Gasteiger partial charge < -0.3 is 34.4 Å². The number of hydrogen-bond donors (Lipinski definition) is 3. The number of benzene rings is 2. The predicted octanol–water partition coefficient (Wildman–Crippen LogP) is 3.15. The maximum absolute atomic E-state index is 12.6. The molecule has 9 nitrogen and oxygen atoms in total. The minimum Gasteiger partial charge on any atom is -0.493 e. The Morgan fingerprint density at radius 3 is 2.30 bits per heavy atom. The van der Waals surface area contributed by atoms with Crippen molar-refractivity contribution in [2.75, 3.05) is 33.4 Å². The van der Waals surface area contributed by atoms with Crippen molar-refractivity contribution in [1.29, 1.82) is 0 Å². The normalized spacial score (nSPS) is 19.9. The van der Waals surface area contributed by atoms with Gasteiger partial charge in [0.1, 0.15) is 12.3 Å². The van der Waals surface area contributed by atoms with Crippen LogP contribution in [-0.2, 0) is 11.3 Å². The Bertz CT molecular complexity index is 1310. The van der Waals surface area contributed by atoms with Crippen molar-refractivity contribution >= 4 is 5.91 Å². The average Bonchev–Trinajstić information content (AvgIpc) is 3.86. The molecule has 6 rings (SSSR count). The van der Waals surface area contributed by atoms with Crippen LogP contribution in [0, 0.1) is 6.92 Å². The van der Waals surface area contributed by atoms with E-state index in [0.29, 0.717) is 31.3 Å². The van der Waals surface area contributed by atoms with Crippen LogP contribution in [0.4, 0.5) is 0 Å². The molecule has 1 atom stereocenters. The third kappa shape index (κ3) is 6.45. The van der Waals surface area contributed by atoms with Gasteiger partial charge in [-0.2, -0.15) is 0 Å². The summed E-state index contributed by atoms with van der Waals surface area (Å²) in [7, 11) is 1.66. The molecule has 0 bridgehead atoms. The molecule has 3 N–H and O–H groups in total. The standard InChI is InChI=1S/C27H28N2O3.C4H8O4/c1-18-11-12-28-24(13-18)27(30)29-15-23(16-29)22-9-10-25(26(14-22)31-2)32-17-19-3-5-20(6-4-19)21-7-8-21;5-1-4(2-8-4)3(6)7/h3-6,9-14,21,23H,7-8,15-17H2,1-2H3;3,5-7H,1-2H2. The van der Waals surface area contributed by atoms with Crippen LogP contribution in [0.1, 0.15) is 57.4 Å². The highest BCUT2D eigenvalue weighted by atomic mass is 16.6. The maximum atomic E-state index is 12.6. The first kappa shape index (κ1) is 28.0. The van der Waals surface area contributed by atoms with Gasteiger partial charge in [0, 0.05) is 25.2 Å². The van der Waals surface area contributed by atoms with Crippen LogP contribution in [0.25, 0.3) is 0 Å². The lowest BCUT2D eigenvalue weighted by atomic mass is 9.91. The monoisotopic (exact) mass is 548 g/mol. The van der Waals surface area contributed by atoms with Gasteiger partial charge in [0.2, 0.25) is 0 Å². The summed E-state index contributed by atoms with van der Waals surface area (Å²) in [5.41, 5.74) is 4.25. The van der Waals surface area contributed by atoms with E-state index in [-0.39, 0.29) is 19.1 Å². The smallest absolute Gasteiger partial charge is 0.272 e. The number of pyridine rings is 1. The largest absolute Gasteiger partial charge is 0.493 e. The Hall–Kier alpha value is -3.50. The first-order chi connectivity index (χ1) is 19.3. The number of carbonyl (C=O) groups is 1. The second-order valence-electron chi connectivity index (χ2n) is 10.7. The minimum atomic E-state index is -1.55. The minimum absolute atomic E-state index is 0.00966. The topological polar surface area (TPSA) is 125 Å². The number of aliphatic hydroxyl groups excluding tert-OH is 2. The van der Waals surface area contributed by atoms with Gasteiger partial charge in [-0.25, -0.2) is 0 Å². The number of hydrogen-bond acceptors (Lipinski definition) is 8. The molecule has 2 aliphatic heterocycles. The number of methoxy groups -OCH3 is 1. The summed E-state index contributed by atoms with van der Waals surface area (Å²) in [6.45, 7) is 3.76. The fourth-order valence-electron chi connectivity index (χ4n) is 4.61. The van der Waals surface area contributed by atoms with E-state index in [1.165, 1.54) is 18.4 Å². The van der Waals surface area contributed by atoms with Gasteiger partial charge >= 0.3 is 0 Å². The number of epoxide rings is 1. The number of aliphatic hydroxyl groups is 3. The fourth-order valence-corrected chi connectivity index (χ4v) is 4.61. The van der Waals surface area contributed by atoms with Crippen LogP contribution in [0.15, 0.2) is 60.8 Å². The van der Waals surface area contributed by atoms with E-state index >= 15 is 0 Å². The number of ether oxygens (including phenoxy) is 3. The molecule has 1 aliphatic carbocycles. The Labute approximate surface area is 234 Å². The molecule has 1 aromatic heterocycles. The van der Waals surface area contributed by atoms with Crippen molar-refractivity contribution in [1.82, 2.24) is 9.88 Å².